The highest BCUT2D eigenvalue weighted by atomic mass is 16.5. The van der Waals surface area contributed by atoms with Crippen molar-refractivity contribution < 1.29 is 19.1 Å². The highest BCUT2D eigenvalue weighted by Crippen LogP contribution is 2.08. The standard InChI is InChI=1S/C17H16N2O4/c1-23-17(22)14-4-2-3-13(9-14)16(21)19-10-11-5-7-12(8-6-11)15(18)20/h2-9H,10H2,1H3,(H2,18,20)(H,19,21). The van der Waals surface area contributed by atoms with Gasteiger partial charge in [-0.25, -0.2) is 4.79 Å². The van der Waals surface area contributed by atoms with Gasteiger partial charge in [0.05, 0.1) is 12.7 Å². The van der Waals surface area contributed by atoms with Gasteiger partial charge in [-0.05, 0) is 35.9 Å². The summed E-state index contributed by atoms with van der Waals surface area (Å²) in [6.07, 6.45) is 0. The number of nitrogens with one attached hydrogen (secondary N) is 1. The lowest BCUT2D eigenvalue weighted by molar-refractivity contribution is 0.0600. The zero-order chi connectivity index (χ0) is 16.8. The molecule has 0 saturated carbocycles. The number of carbonyl (C=O) groups is 3. The molecule has 23 heavy (non-hydrogen) atoms. The quantitative estimate of drug-likeness (QED) is 0.817. The van der Waals surface area contributed by atoms with Crippen molar-refractivity contribution in [1.82, 2.24) is 5.32 Å². The third-order valence-electron chi connectivity index (χ3n) is 3.24. The molecule has 0 aliphatic heterocycles. The van der Waals surface area contributed by atoms with Gasteiger partial charge in [0.1, 0.15) is 0 Å². The van der Waals surface area contributed by atoms with Crippen molar-refractivity contribution in [2.24, 2.45) is 5.73 Å². The van der Waals surface area contributed by atoms with E-state index in [1.54, 1.807) is 42.5 Å². The lowest BCUT2D eigenvalue weighted by atomic mass is 10.1. The predicted octanol–water partition coefficient (Wildman–Crippen LogP) is 1.50. The SMILES string of the molecule is COC(=O)c1cccc(C(=O)NCc2ccc(C(N)=O)cc2)c1. The molecule has 2 aromatic carbocycles. The van der Waals surface area contributed by atoms with Gasteiger partial charge in [0.25, 0.3) is 5.91 Å². The van der Waals surface area contributed by atoms with Gasteiger partial charge in [-0.3, -0.25) is 9.59 Å². The molecular formula is C17H16N2O4. The molecule has 2 aromatic rings. The maximum Gasteiger partial charge on any atom is 0.337 e. The van der Waals surface area contributed by atoms with Crippen LogP contribution in [0.3, 0.4) is 0 Å². The lowest BCUT2D eigenvalue weighted by Gasteiger charge is -2.07. The molecule has 118 valence electrons. The first-order chi connectivity index (χ1) is 11.0. The first-order valence-electron chi connectivity index (χ1n) is 6.86. The first-order valence-corrected chi connectivity index (χ1v) is 6.86. The van der Waals surface area contributed by atoms with Gasteiger partial charge in [0.15, 0.2) is 0 Å². The van der Waals surface area contributed by atoms with Crippen molar-refractivity contribution in [3.8, 4) is 0 Å². The molecule has 6 nitrogen and oxygen atoms in total. The minimum Gasteiger partial charge on any atom is -0.465 e. The Morgan fingerprint density at radius 1 is 1.00 bits per heavy atom. The van der Waals surface area contributed by atoms with E-state index in [4.69, 9.17) is 5.73 Å². The molecule has 0 fully saturated rings. The Morgan fingerprint density at radius 3 is 2.26 bits per heavy atom. The van der Waals surface area contributed by atoms with E-state index in [0.717, 1.165) is 5.56 Å². The molecule has 0 unspecified atom stereocenters. The Labute approximate surface area is 133 Å². The Morgan fingerprint density at radius 2 is 1.65 bits per heavy atom. The van der Waals surface area contributed by atoms with Gasteiger partial charge >= 0.3 is 5.97 Å². The van der Waals surface area contributed by atoms with E-state index in [1.165, 1.54) is 13.2 Å². The van der Waals surface area contributed by atoms with Crippen LogP contribution in [0, 0.1) is 0 Å². The van der Waals surface area contributed by atoms with Crippen molar-refractivity contribution >= 4 is 17.8 Å². The Balaban J connectivity index is 2.02. The fraction of sp³-hybridized carbons (Fsp3) is 0.118. The maximum absolute atomic E-state index is 12.1. The van der Waals surface area contributed by atoms with Gasteiger partial charge in [-0.2, -0.15) is 0 Å². The van der Waals surface area contributed by atoms with E-state index in [-0.39, 0.29) is 5.91 Å². The second-order valence-corrected chi connectivity index (χ2v) is 4.82. The fourth-order valence-electron chi connectivity index (χ4n) is 1.98. The van der Waals surface area contributed by atoms with Crippen LogP contribution in [0.15, 0.2) is 48.5 Å². The molecule has 0 saturated heterocycles. The summed E-state index contributed by atoms with van der Waals surface area (Å²) in [6.45, 7) is 0.292. The molecule has 0 aliphatic carbocycles. The number of ether oxygens (including phenoxy) is 1. The largest absolute Gasteiger partial charge is 0.465 e. The maximum atomic E-state index is 12.1. The van der Waals surface area contributed by atoms with Crippen molar-refractivity contribution in [1.29, 1.82) is 0 Å². The molecule has 6 heteroatoms. The van der Waals surface area contributed by atoms with E-state index in [9.17, 15) is 14.4 Å². The Bertz CT molecular complexity index is 739. The minimum atomic E-state index is -0.500. The molecule has 0 bridgehead atoms. The number of benzene rings is 2. The third-order valence-corrected chi connectivity index (χ3v) is 3.24. The Kier molecular flexibility index (Phi) is 5.09. The summed E-state index contributed by atoms with van der Waals surface area (Å²) >= 11 is 0. The zero-order valence-electron chi connectivity index (χ0n) is 12.5. The first kappa shape index (κ1) is 16.2. The normalized spacial score (nSPS) is 9.96. The molecule has 0 heterocycles. The molecule has 2 rings (SSSR count). The molecule has 0 aliphatic rings. The van der Waals surface area contributed by atoms with Crippen LogP contribution in [-0.4, -0.2) is 24.9 Å². The van der Waals surface area contributed by atoms with Crippen LogP contribution >= 0.6 is 0 Å². The average Bonchev–Trinajstić information content (AvgIpc) is 2.59. The van der Waals surface area contributed by atoms with E-state index in [0.29, 0.717) is 23.2 Å². The van der Waals surface area contributed by atoms with Crippen molar-refractivity contribution in [2.45, 2.75) is 6.54 Å². The molecule has 0 radical (unpaired) electrons. The molecule has 3 N–H and O–H groups in total. The third kappa shape index (κ3) is 4.16. The fourth-order valence-corrected chi connectivity index (χ4v) is 1.98. The van der Waals surface area contributed by atoms with E-state index < -0.39 is 11.9 Å². The summed E-state index contributed by atoms with van der Waals surface area (Å²) in [7, 11) is 1.28. The predicted molar refractivity (Wildman–Crippen MR) is 83.9 cm³/mol. The summed E-state index contributed by atoms with van der Waals surface area (Å²) in [5.74, 6) is -1.31. The van der Waals surface area contributed by atoms with Gasteiger partial charge in [-0.1, -0.05) is 18.2 Å². The van der Waals surface area contributed by atoms with Crippen molar-refractivity contribution in [2.75, 3.05) is 7.11 Å². The molecule has 2 amide bonds. The van der Waals surface area contributed by atoms with Crippen LogP contribution in [0.4, 0.5) is 0 Å². The average molecular weight is 312 g/mol. The summed E-state index contributed by atoms with van der Waals surface area (Å²) in [5.41, 5.74) is 7.07. The van der Waals surface area contributed by atoms with Crippen LogP contribution in [0.1, 0.15) is 36.6 Å². The van der Waals surface area contributed by atoms with E-state index in [2.05, 4.69) is 10.1 Å². The number of primary amides is 1. The van der Waals surface area contributed by atoms with Gasteiger partial charge in [-0.15, -0.1) is 0 Å². The molecule has 0 atom stereocenters. The Hall–Kier alpha value is -3.15. The number of esters is 1. The van der Waals surface area contributed by atoms with Crippen LogP contribution in [0.2, 0.25) is 0 Å². The minimum absolute atomic E-state index is 0.292. The van der Waals surface area contributed by atoms with Gasteiger partial charge < -0.3 is 15.8 Å². The smallest absolute Gasteiger partial charge is 0.337 e. The number of methoxy groups -OCH3 is 1. The highest BCUT2D eigenvalue weighted by molar-refractivity contribution is 5.97. The van der Waals surface area contributed by atoms with Crippen molar-refractivity contribution in [3.63, 3.8) is 0 Å². The summed E-state index contributed by atoms with van der Waals surface area (Å²) in [4.78, 5) is 34.6. The second-order valence-electron chi connectivity index (χ2n) is 4.82. The lowest BCUT2D eigenvalue weighted by Crippen LogP contribution is -2.23. The van der Waals surface area contributed by atoms with Crippen LogP contribution < -0.4 is 11.1 Å². The number of hydrogen-bond donors (Lipinski definition) is 2. The highest BCUT2D eigenvalue weighted by Gasteiger charge is 2.10. The summed E-state index contributed by atoms with van der Waals surface area (Å²) in [6, 6.07) is 12.9. The molecule has 0 aromatic heterocycles. The molecule has 0 spiro atoms. The van der Waals surface area contributed by atoms with E-state index in [1.807, 2.05) is 0 Å². The van der Waals surface area contributed by atoms with Crippen LogP contribution in [0.25, 0.3) is 0 Å². The van der Waals surface area contributed by atoms with Crippen molar-refractivity contribution in [3.05, 3.63) is 70.8 Å². The topological polar surface area (TPSA) is 98.5 Å². The van der Waals surface area contributed by atoms with Gasteiger partial charge in [0.2, 0.25) is 5.91 Å². The van der Waals surface area contributed by atoms with Crippen LogP contribution in [-0.2, 0) is 11.3 Å². The zero-order valence-corrected chi connectivity index (χ0v) is 12.5. The number of nitrogens with two attached hydrogens (primary N) is 1. The number of rotatable bonds is 5. The van der Waals surface area contributed by atoms with Crippen LogP contribution in [0.5, 0.6) is 0 Å². The summed E-state index contributed by atoms with van der Waals surface area (Å²) < 4.78 is 4.62. The number of carbonyl (C=O) groups excluding carboxylic acids is 3. The molecular weight excluding hydrogens is 296 g/mol. The summed E-state index contributed by atoms with van der Waals surface area (Å²) in [5, 5.41) is 2.74. The number of hydrogen-bond acceptors (Lipinski definition) is 4. The second kappa shape index (κ2) is 7.22. The van der Waals surface area contributed by atoms with Gasteiger partial charge in [0, 0.05) is 17.7 Å². The van der Waals surface area contributed by atoms with E-state index >= 15 is 0 Å². The number of amides is 2. The monoisotopic (exact) mass is 312 g/mol.